The van der Waals surface area contributed by atoms with Crippen molar-refractivity contribution in [1.82, 2.24) is 14.3 Å². The molecule has 1 unspecified atom stereocenters. The standard InChI is InChI=1S/C12H19N3O4S2/c1-19-12(16)9-10(11-3-2-8-20-11)14-21(17,18)15-6-4-13-5-7-15/h2-3,8,10,13-14H,4-7,9H2,1H3. The maximum absolute atomic E-state index is 12.4. The van der Waals surface area contributed by atoms with E-state index in [-0.39, 0.29) is 6.42 Å². The highest BCUT2D eigenvalue weighted by Crippen LogP contribution is 2.24. The Morgan fingerprint density at radius 1 is 1.52 bits per heavy atom. The Bertz CT molecular complexity index is 553. The Morgan fingerprint density at radius 3 is 2.81 bits per heavy atom. The van der Waals surface area contributed by atoms with Crippen molar-refractivity contribution < 1.29 is 17.9 Å². The summed E-state index contributed by atoms with van der Waals surface area (Å²) in [5.74, 6) is -0.448. The third-order valence-corrected chi connectivity index (χ3v) is 5.81. The van der Waals surface area contributed by atoms with E-state index in [1.165, 1.54) is 22.8 Å². The number of methoxy groups -OCH3 is 1. The quantitative estimate of drug-likeness (QED) is 0.721. The van der Waals surface area contributed by atoms with Crippen LogP contribution in [0.3, 0.4) is 0 Å². The lowest BCUT2D eigenvalue weighted by molar-refractivity contribution is -0.141. The van der Waals surface area contributed by atoms with Gasteiger partial charge in [-0.3, -0.25) is 4.79 Å². The van der Waals surface area contributed by atoms with Crippen LogP contribution < -0.4 is 10.0 Å². The average Bonchev–Trinajstić information content (AvgIpc) is 3.01. The van der Waals surface area contributed by atoms with Crippen LogP contribution in [0.4, 0.5) is 0 Å². The number of hydrogen-bond acceptors (Lipinski definition) is 6. The van der Waals surface area contributed by atoms with Crippen LogP contribution in [-0.2, 0) is 19.7 Å². The molecule has 1 aliphatic heterocycles. The number of rotatable bonds is 6. The van der Waals surface area contributed by atoms with Crippen molar-refractivity contribution in [2.45, 2.75) is 12.5 Å². The van der Waals surface area contributed by atoms with E-state index in [9.17, 15) is 13.2 Å². The molecular weight excluding hydrogens is 314 g/mol. The van der Waals surface area contributed by atoms with Crippen LogP contribution in [0.25, 0.3) is 0 Å². The molecule has 2 heterocycles. The monoisotopic (exact) mass is 333 g/mol. The van der Waals surface area contributed by atoms with Crippen molar-refractivity contribution in [3.05, 3.63) is 22.4 Å². The van der Waals surface area contributed by atoms with Gasteiger partial charge in [0.15, 0.2) is 0 Å². The summed E-state index contributed by atoms with van der Waals surface area (Å²) in [5.41, 5.74) is 0. The SMILES string of the molecule is COC(=O)CC(NS(=O)(=O)N1CCNCC1)c1cccs1. The zero-order valence-corrected chi connectivity index (χ0v) is 13.4. The summed E-state index contributed by atoms with van der Waals surface area (Å²) in [5, 5.41) is 4.95. The Morgan fingerprint density at radius 2 is 2.24 bits per heavy atom. The highest BCUT2D eigenvalue weighted by atomic mass is 32.2. The maximum atomic E-state index is 12.4. The number of carbonyl (C=O) groups excluding carboxylic acids is 1. The molecule has 1 aromatic heterocycles. The fourth-order valence-corrected chi connectivity index (χ4v) is 4.31. The largest absolute Gasteiger partial charge is 0.469 e. The zero-order chi connectivity index (χ0) is 15.3. The number of esters is 1. The van der Waals surface area contributed by atoms with Crippen molar-refractivity contribution in [3.8, 4) is 0 Å². The van der Waals surface area contributed by atoms with Crippen molar-refractivity contribution in [2.75, 3.05) is 33.3 Å². The second kappa shape index (κ2) is 7.32. The predicted molar refractivity (Wildman–Crippen MR) is 80.2 cm³/mol. The van der Waals surface area contributed by atoms with Gasteiger partial charge < -0.3 is 10.1 Å². The van der Waals surface area contributed by atoms with Gasteiger partial charge in [0.1, 0.15) is 0 Å². The fourth-order valence-electron chi connectivity index (χ4n) is 2.08. The van der Waals surface area contributed by atoms with E-state index in [4.69, 9.17) is 0 Å². The maximum Gasteiger partial charge on any atom is 0.307 e. The Balaban J connectivity index is 2.12. The summed E-state index contributed by atoms with van der Waals surface area (Å²) in [6.45, 7) is 2.10. The second-order valence-electron chi connectivity index (χ2n) is 4.62. The minimum atomic E-state index is -3.62. The molecular formula is C12H19N3O4S2. The van der Waals surface area contributed by atoms with Gasteiger partial charge in [-0.2, -0.15) is 17.4 Å². The number of carbonyl (C=O) groups is 1. The highest BCUT2D eigenvalue weighted by molar-refractivity contribution is 7.87. The first-order valence-electron chi connectivity index (χ1n) is 6.61. The van der Waals surface area contributed by atoms with Crippen LogP contribution in [0.15, 0.2) is 17.5 Å². The van der Waals surface area contributed by atoms with Crippen LogP contribution in [0.5, 0.6) is 0 Å². The summed E-state index contributed by atoms with van der Waals surface area (Å²) in [7, 11) is -2.33. The van der Waals surface area contributed by atoms with Gasteiger partial charge in [-0.05, 0) is 11.4 Å². The summed E-state index contributed by atoms with van der Waals surface area (Å²) < 4.78 is 33.4. The van der Waals surface area contributed by atoms with E-state index in [1.54, 1.807) is 6.07 Å². The van der Waals surface area contributed by atoms with Gasteiger partial charge in [0.2, 0.25) is 0 Å². The molecule has 0 bridgehead atoms. The van der Waals surface area contributed by atoms with E-state index in [0.29, 0.717) is 26.2 Å². The third kappa shape index (κ3) is 4.48. The average molecular weight is 333 g/mol. The molecule has 1 aromatic rings. The Hall–Kier alpha value is -1.00. The minimum Gasteiger partial charge on any atom is -0.469 e. The number of ether oxygens (including phenoxy) is 1. The molecule has 0 aromatic carbocycles. The minimum absolute atomic E-state index is 0.0255. The van der Waals surface area contributed by atoms with Crippen LogP contribution in [0.2, 0.25) is 0 Å². The van der Waals surface area contributed by atoms with E-state index >= 15 is 0 Å². The summed E-state index contributed by atoms with van der Waals surface area (Å²) >= 11 is 1.41. The molecule has 1 atom stereocenters. The molecule has 1 aliphatic rings. The predicted octanol–water partition coefficient (Wildman–Crippen LogP) is 0.0919. The van der Waals surface area contributed by atoms with E-state index in [2.05, 4.69) is 14.8 Å². The van der Waals surface area contributed by atoms with Gasteiger partial charge in [0.25, 0.3) is 10.2 Å². The zero-order valence-electron chi connectivity index (χ0n) is 11.7. The molecule has 0 radical (unpaired) electrons. The lowest BCUT2D eigenvalue weighted by atomic mass is 10.2. The number of nitrogens with one attached hydrogen (secondary N) is 2. The van der Waals surface area contributed by atoms with Crippen molar-refractivity contribution in [3.63, 3.8) is 0 Å². The van der Waals surface area contributed by atoms with Crippen molar-refractivity contribution in [1.29, 1.82) is 0 Å². The van der Waals surface area contributed by atoms with E-state index in [0.717, 1.165) is 4.88 Å². The number of piperazine rings is 1. The molecule has 0 saturated carbocycles. The van der Waals surface area contributed by atoms with Gasteiger partial charge in [0.05, 0.1) is 19.6 Å². The van der Waals surface area contributed by atoms with Gasteiger partial charge in [0, 0.05) is 31.1 Å². The number of nitrogens with zero attached hydrogens (tertiary/aromatic N) is 1. The number of thiophene rings is 1. The van der Waals surface area contributed by atoms with Gasteiger partial charge >= 0.3 is 5.97 Å². The smallest absolute Gasteiger partial charge is 0.307 e. The van der Waals surface area contributed by atoms with Crippen molar-refractivity contribution in [2.24, 2.45) is 0 Å². The second-order valence-corrected chi connectivity index (χ2v) is 7.30. The molecule has 0 amide bonds. The molecule has 0 aliphatic carbocycles. The van der Waals surface area contributed by atoms with Crippen LogP contribution in [-0.4, -0.2) is 52.0 Å². The first-order chi connectivity index (χ1) is 10.0. The molecule has 1 fully saturated rings. The molecule has 7 nitrogen and oxygen atoms in total. The lowest BCUT2D eigenvalue weighted by Gasteiger charge is -2.28. The molecule has 1 saturated heterocycles. The highest BCUT2D eigenvalue weighted by Gasteiger charge is 2.29. The number of hydrogen-bond donors (Lipinski definition) is 2. The van der Waals surface area contributed by atoms with Crippen LogP contribution >= 0.6 is 11.3 Å². The molecule has 2 rings (SSSR count). The third-order valence-electron chi connectivity index (χ3n) is 3.19. The Kier molecular flexibility index (Phi) is 5.71. The summed E-state index contributed by atoms with van der Waals surface area (Å²) in [6, 6.07) is 3.03. The van der Waals surface area contributed by atoms with Crippen LogP contribution in [0, 0.1) is 0 Å². The van der Waals surface area contributed by atoms with Crippen LogP contribution in [0.1, 0.15) is 17.3 Å². The van der Waals surface area contributed by atoms with Gasteiger partial charge in [-0.15, -0.1) is 11.3 Å². The fraction of sp³-hybridized carbons (Fsp3) is 0.583. The topological polar surface area (TPSA) is 87.7 Å². The lowest BCUT2D eigenvalue weighted by Crippen LogP contribution is -2.51. The summed E-state index contributed by atoms with van der Waals surface area (Å²) in [6.07, 6.45) is -0.0255. The van der Waals surface area contributed by atoms with Gasteiger partial charge in [-0.1, -0.05) is 6.07 Å². The first-order valence-corrected chi connectivity index (χ1v) is 8.93. The molecule has 118 valence electrons. The van der Waals surface area contributed by atoms with Gasteiger partial charge in [-0.25, -0.2) is 0 Å². The molecule has 0 spiro atoms. The van der Waals surface area contributed by atoms with E-state index < -0.39 is 22.2 Å². The van der Waals surface area contributed by atoms with E-state index in [1.807, 2.05) is 11.4 Å². The van der Waals surface area contributed by atoms with Crippen molar-refractivity contribution >= 4 is 27.5 Å². The normalized spacial score (nSPS) is 18.3. The molecule has 21 heavy (non-hydrogen) atoms. The Labute approximate surface area is 128 Å². The first kappa shape index (κ1) is 16.4. The summed E-state index contributed by atoms with van der Waals surface area (Å²) in [4.78, 5) is 12.3. The molecule has 2 N–H and O–H groups in total. The molecule has 9 heteroatoms.